The SMILES string of the molecule is O=C(COc1ccc(CNc2cccc3cccnc23)cc1)N1CCOCC1. The third kappa shape index (κ3) is 4.40. The molecule has 3 aromatic rings. The Morgan fingerprint density at radius 3 is 2.68 bits per heavy atom. The lowest BCUT2D eigenvalue weighted by atomic mass is 10.1. The summed E-state index contributed by atoms with van der Waals surface area (Å²) in [5, 5.41) is 4.55. The van der Waals surface area contributed by atoms with Crippen LogP contribution in [0.15, 0.2) is 60.8 Å². The number of benzene rings is 2. The smallest absolute Gasteiger partial charge is 0.260 e. The number of aromatic nitrogens is 1. The molecule has 6 nitrogen and oxygen atoms in total. The second kappa shape index (κ2) is 8.71. The van der Waals surface area contributed by atoms with Crippen LogP contribution in [-0.4, -0.2) is 48.7 Å². The summed E-state index contributed by atoms with van der Waals surface area (Å²) in [6.45, 7) is 3.20. The van der Waals surface area contributed by atoms with Crippen molar-refractivity contribution in [2.75, 3.05) is 38.2 Å². The van der Waals surface area contributed by atoms with E-state index >= 15 is 0 Å². The van der Waals surface area contributed by atoms with Gasteiger partial charge in [0.1, 0.15) is 5.75 Å². The highest BCUT2D eigenvalue weighted by atomic mass is 16.5. The molecular weight excluding hydrogens is 354 g/mol. The number of rotatable bonds is 6. The van der Waals surface area contributed by atoms with Crippen molar-refractivity contribution in [2.24, 2.45) is 0 Å². The van der Waals surface area contributed by atoms with Gasteiger partial charge in [-0.15, -0.1) is 0 Å². The van der Waals surface area contributed by atoms with E-state index in [1.807, 2.05) is 42.5 Å². The minimum Gasteiger partial charge on any atom is -0.484 e. The summed E-state index contributed by atoms with van der Waals surface area (Å²) in [6.07, 6.45) is 1.80. The predicted molar refractivity (Wildman–Crippen MR) is 108 cm³/mol. The molecule has 0 bridgehead atoms. The van der Waals surface area contributed by atoms with E-state index in [-0.39, 0.29) is 12.5 Å². The van der Waals surface area contributed by atoms with Gasteiger partial charge in [0.25, 0.3) is 5.91 Å². The Hall–Kier alpha value is -3.12. The first-order chi connectivity index (χ1) is 13.8. The van der Waals surface area contributed by atoms with Gasteiger partial charge in [-0.1, -0.05) is 30.3 Å². The highest BCUT2D eigenvalue weighted by Gasteiger charge is 2.17. The Morgan fingerprint density at radius 2 is 1.86 bits per heavy atom. The highest BCUT2D eigenvalue weighted by molar-refractivity contribution is 5.90. The van der Waals surface area contributed by atoms with Crippen molar-refractivity contribution in [3.8, 4) is 5.75 Å². The lowest BCUT2D eigenvalue weighted by Crippen LogP contribution is -2.42. The number of amides is 1. The summed E-state index contributed by atoms with van der Waals surface area (Å²) < 4.78 is 10.9. The van der Waals surface area contributed by atoms with E-state index in [0.717, 1.165) is 22.2 Å². The van der Waals surface area contributed by atoms with E-state index in [0.29, 0.717) is 38.6 Å². The molecule has 0 saturated carbocycles. The first-order valence-corrected chi connectivity index (χ1v) is 9.44. The summed E-state index contributed by atoms with van der Waals surface area (Å²) in [6, 6.07) is 17.9. The van der Waals surface area contributed by atoms with Gasteiger partial charge in [0.05, 0.1) is 24.4 Å². The molecule has 1 saturated heterocycles. The second-order valence-corrected chi connectivity index (χ2v) is 6.66. The van der Waals surface area contributed by atoms with Crippen LogP contribution in [0.4, 0.5) is 5.69 Å². The van der Waals surface area contributed by atoms with Gasteiger partial charge < -0.3 is 19.7 Å². The molecule has 6 heteroatoms. The molecule has 1 aliphatic heterocycles. The lowest BCUT2D eigenvalue weighted by Gasteiger charge is -2.26. The first-order valence-electron chi connectivity index (χ1n) is 9.44. The van der Waals surface area contributed by atoms with Crippen molar-refractivity contribution < 1.29 is 14.3 Å². The number of morpholine rings is 1. The van der Waals surface area contributed by atoms with Crippen LogP contribution < -0.4 is 10.1 Å². The van der Waals surface area contributed by atoms with E-state index in [9.17, 15) is 4.79 Å². The summed E-state index contributed by atoms with van der Waals surface area (Å²) >= 11 is 0. The van der Waals surface area contributed by atoms with Crippen LogP contribution in [0.3, 0.4) is 0 Å². The van der Waals surface area contributed by atoms with Gasteiger partial charge in [0.2, 0.25) is 0 Å². The van der Waals surface area contributed by atoms with Crippen molar-refractivity contribution >= 4 is 22.5 Å². The number of carbonyl (C=O) groups excluding carboxylic acids is 1. The molecule has 0 spiro atoms. The van der Waals surface area contributed by atoms with Gasteiger partial charge in [-0.2, -0.15) is 0 Å². The fraction of sp³-hybridized carbons (Fsp3) is 0.273. The Labute approximate surface area is 164 Å². The minimum absolute atomic E-state index is 0.00232. The molecule has 1 N–H and O–H groups in total. The maximum atomic E-state index is 12.1. The standard InChI is InChI=1S/C22H23N3O3/c26-21(25-11-13-27-14-12-25)16-28-19-8-6-17(7-9-19)15-24-20-5-1-3-18-4-2-10-23-22(18)20/h1-10,24H,11-16H2. The van der Waals surface area contributed by atoms with E-state index in [4.69, 9.17) is 9.47 Å². The normalized spacial score (nSPS) is 14.1. The Balaban J connectivity index is 1.31. The number of carbonyl (C=O) groups is 1. The van der Waals surface area contributed by atoms with Gasteiger partial charge in [-0.05, 0) is 29.8 Å². The number of fused-ring (bicyclic) bond motifs is 1. The number of hydrogen-bond donors (Lipinski definition) is 1. The van der Waals surface area contributed by atoms with Crippen molar-refractivity contribution in [2.45, 2.75) is 6.54 Å². The molecule has 1 amide bonds. The topological polar surface area (TPSA) is 63.7 Å². The Kier molecular flexibility index (Phi) is 5.68. The number of hydrogen-bond acceptors (Lipinski definition) is 5. The van der Waals surface area contributed by atoms with E-state index in [1.165, 1.54) is 0 Å². The average Bonchev–Trinajstić information content (AvgIpc) is 2.77. The van der Waals surface area contributed by atoms with Crippen molar-refractivity contribution in [3.05, 3.63) is 66.4 Å². The molecule has 2 aromatic carbocycles. The second-order valence-electron chi connectivity index (χ2n) is 6.66. The van der Waals surface area contributed by atoms with Crippen LogP contribution in [0.5, 0.6) is 5.75 Å². The van der Waals surface area contributed by atoms with Gasteiger partial charge in [-0.25, -0.2) is 0 Å². The van der Waals surface area contributed by atoms with Crippen LogP contribution in [0.2, 0.25) is 0 Å². The number of nitrogens with zero attached hydrogens (tertiary/aromatic N) is 2. The van der Waals surface area contributed by atoms with Crippen LogP contribution in [0.1, 0.15) is 5.56 Å². The van der Waals surface area contributed by atoms with Crippen molar-refractivity contribution in [3.63, 3.8) is 0 Å². The number of nitrogens with one attached hydrogen (secondary N) is 1. The summed E-state index contributed by atoms with van der Waals surface area (Å²) in [5.41, 5.74) is 3.10. The molecule has 0 aliphatic carbocycles. The molecule has 144 valence electrons. The fourth-order valence-electron chi connectivity index (χ4n) is 3.20. The minimum atomic E-state index is -0.00232. The van der Waals surface area contributed by atoms with Crippen LogP contribution in [-0.2, 0) is 16.1 Å². The molecule has 2 heterocycles. The first kappa shape index (κ1) is 18.3. The van der Waals surface area contributed by atoms with Crippen LogP contribution >= 0.6 is 0 Å². The molecule has 28 heavy (non-hydrogen) atoms. The lowest BCUT2D eigenvalue weighted by molar-refractivity contribution is -0.137. The molecular formula is C22H23N3O3. The van der Waals surface area contributed by atoms with Gasteiger partial charge in [0, 0.05) is 31.2 Å². The van der Waals surface area contributed by atoms with E-state index in [1.54, 1.807) is 11.1 Å². The summed E-state index contributed by atoms with van der Waals surface area (Å²) in [7, 11) is 0. The van der Waals surface area contributed by atoms with Gasteiger partial charge in [0.15, 0.2) is 6.61 Å². The molecule has 0 atom stereocenters. The predicted octanol–water partition coefficient (Wildman–Crippen LogP) is 3.08. The third-order valence-electron chi connectivity index (χ3n) is 4.77. The third-order valence-corrected chi connectivity index (χ3v) is 4.77. The Bertz CT molecular complexity index is 932. The zero-order valence-corrected chi connectivity index (χ0v) is 15.6. The van der Waals surface area contributed by atoms with Crippen LogP contribution in [0.25, 0.3) is 10.9 Å². The number of ether oxygens (including phenoxy) is 2. The molecule has 1 fully saturated rings. The molecule has 1 aromatic heterocycles. The average molecular weight is 377 g/mol. The summed E-state index contributed by atoms with van der Waals surface area (Å²) in [5.74, 6) is 0.690. The van der Waals surface area contributed by atoms with Crippen LogP contribution in [0, 0.1) is 0 Å². The maximum Gasteiger partial charge on any atom is 0.260 e. The number of anilines is 1. The van der Waals surface area contributed by atoms with Gasteiger partial charge >= 0.3 is 0 Å². The zero-order chi connectivity index (χ0) is 19.2. The van der Waals surface area contributed by atoms with E-state index < -0.39 is 0 Å². The quantitative estimate of drug-likeness (QED) is 0.715. The molecule has 0 radical (unpaired) electrons. The molecule has 0 unspecified atom stereocenters. The molecule has 4 rings (SSSR count). The fourth-order valence-corrected chi connectivity index (χ4v) is 3.20. The Morgan fingerprint density at radius 1 is 1.07 bits per heavy atom. The zero-order valence-electron chi connectivity index (χ0n) is 15.6. The number of pyridine rings is 1. The summed E-state index contributed by atoms with van der Waals surface area (Å²) in [4.78, 5) is 18.4. The maximum absolute atomic E-state index is 12.1. The number of para-hydroxylation sites is 1. The largest absolute Gasteiger partial charge is 0.484 e. The van der Waals surface area contributed by atoms with E-state index in [2.05, 4.69) is 22.4 Å². The molecule has 1 aliphatic rings. The van der Waals surface area contributed by atoms with Crippen molar-refractivity contribution in [1.82, 2.24) is 9.88 Å². The van der Waals surface area contributed by atoms with Crippen molar-refractivity contribution in [1.29, 1.82) is 0 Å². The highest BCUT2D eigenvalue weighted by Crippen LogP contribution is 2.21. The van der Waals surface area contributed by atoms with Gasteiger partial charge in [-0.3, -0.25) is 9.78 Å². The monoisotopic (exact) mass is 377 g/mol.